The minimum absolute atomic E-state index is 0.207. The van der Waals surface area contributed by atoms with E-state index in [9.17, 15) is 9.59 Å². The van der Waals surface area contributed by atoms with Gasteiger partial charge >= 0.3 is 11.9 Å². The van der Waals surface area contributed by atoms with Gasteiger partial charge in [0, 0.05) is 16.9 Å². The highest BCUT2D eigenvalue weighted by Crippen LogP contribution is 2.47. The summed E-state index contributed by atoms with van der Waals surface area (Å²) in [5.41, 5.74) is 2.45. The Balaban J connectivity index is 1.62. The molecule has 1 saturated carbocycles. The van der Waals surface area contributed by atoms with E-state index in [2.05, 4.69) is 0 Å². The summed E-state index contributed by atoms with van der Waals surface area (Å²) in [7, 11) is 3.12. The van der Waals surface area contributed by atoms with Gasteiger partial charge in [-0.05, 0) is 48.9 Å². The summed E-state index contributed by atoms with van der Waals surface area (Å²) in [6.45, 7) is 0.474. The first-order valence-electron chi connectivity index (χ1n) is 10.4. The van der Waals surface area contributed by atoms with Crippen LogP contribution < -0.4 is 14.2 Å². The first-order valence-corrected chi connectivity index (χ1v) is 11.8. The zero-order valence-electron chi connectivity index (χ0n) is 18.4. The lowest BCUT2D eigenvalue weighted by molar-refractivity contribution is -0.152. The van der Waals surface area contributed by atoms with E-state index in [1.54, 1.807) is 32.0 Å². The van der Waals surface area contributed by atoms with Crippen molar-refractivity contribution in [1.29, 1.82) is 0 Å². The van der Waals surface area contributed by atoms with Gasteiger partial charge in [0.25, 0.3) is 0 Å². The molecule has 1 aliphatic carbocycles. The Morgan fingerprint density at radius 3 is 2.56 bits per heavy atom. The van der Waals surface area contributed by atoms with E-state index in [0.29, 0.717) is 29.2 Å². The van der Waals surface area contributed by atoms with Crippen LogP contribution in [0.4, 0.5) is 0 Å². The predicted molar refractivity (Wildman–Crippen MR) is 121 cm³/mol. The molecule has 0 spiro atoms. The molecule has 0 amide bonds. The van der Waals surface area contributed by atoms with Crippen molar-refractivity contribution in [2.75, 3.05) is 32.8 Å². The quantitative estimate of drug-likeness (QED) is 0.489. The van der Waals surface area contributed by atoms with Crippen LogP contribution in [-0.2, 0) is 20.9 Å². The lowest BCUT2D eigenvalue weighted by Gasteiger charge is -2.21. The first kappa shape index (κ1) is 22.3. The summed E-state index contributed by atoms with van der Waals surface area (Å²) in [4.78, 5) is 24.0. The summed E-state index contributed by atoms with van der Waals surface area (Å²) in [6, 6.07) is 9.24. The molecule has 0 bridgehead atoms. The molecule has 1 heterocycles. The van der Waals surface area contributed by atoms with Crippen molar-refractivity contribution in [3.05, 3.63) is 41.5 Å². The average Bonchev–Trinajstić information content (AvgIpc) is 3.47. The van der Waals surface area contributed by atoms with Gasteiger partial charge in [0.2, 0.25) is 5.75 Å². The largest absolute Gasteiger partial charge is 0.493 e. The van der Waals surface area contributed by atoms with Crippen LogP contribution in [0.5, 0.6) is 17.2 Å². The van der Waals surface area contributed by atoms with E-state index in [1.807, 2.05) is 30.5 Å². The second kappa shape index (κ2) is 9.32. The Kier molecular flexibility index (Phi) is 6.50. The molecule has 0 radical (unpaired) electrons. The zero-order valence-corrected chi connectivity index (χ0v) is 19.2. The summed E-state index contributed by atoms with van der Waals surface area (Å²) < 4.78 is 28.2. The fourth-order valence-corrected chi connectivity index (χ4v) is 4.04. The summed E-state index contributed by atoms with van der Waals surface area (Å²) in [5.74, 6) is 1.71. The molecule has 170 valence electrons. The fourth-order valence-electron chi connectivity index (χ4n) is 3.67. The summed E-state index contributed by atoms with van der Waals surface area (Å²) >= 11 is 1.61. The smallest absolute Gasteiger partial charge is 0.338 e. The highest BCUT2D eigenvalue weighted by molar-refractivity contribution is 7.98. The maximum atomic E-state index is 12.1. The van der Waals surface area contributed by atoms with Gasteiger partial charge in [-0.25, -0.2) is 4.79 Å². The van der Waals surface area contributed by atoms with Crippen molar-refractivity contribution < 1.29 is 33.3 Å². The number of hydrogen-bond acceptors (Lipinski definition) is 8. The highest BCUT2D eigenvalue weighted by Gasteiger charge is 2.48. The van der Waals surface area contributed by atoms with E-state index in [1.165, 1.54) is 0 Å². The highest BCUT2D eigenvalue weighted by atomic mass is 32.2. The Hall–Kier alpha value is -2.87. The molecule has 0 N–H and O–H groups in total. The van der Waals surface area contributed by atoms with Gasteiger partial charge in [-0.3, -0.25) is 4.79 Å². The minimum Gasteiger partial charge on any atom is -0.493 e. The molecule has 0 aromatic heterocycles. The number of benzene rings is 2. The van der Waals surface area contributed by atoms with Crippen LogP contribution in [0.1, 0.15) is 35.2 Å². The van der Waals surface area contributed by atoms with Crippen molar-refractivity contribution in [3.63, 3.8) is 0 Å². The van der Waals surface area contributed by atoms with E-state index in [4.69, 9.17) is 23.7 Å². The Labute approximate surface area is 191 Å². The molecule has 0 atom stereocenters. The number of thioether (sulfide) groups is 1. The normalized spacial score (nSPS) is 15.5. The number of carbonyl (C=O) groups is 2. The number of esters is 2. The third kappa shape index (κ3) is 4.50. The second-order valence-corrected chi connectivity index (χ2v) is 8.80. The Morgan fingerprint density at radius 1 is 1.09 bits per heavy atom. The molecule has 32 heavy (non-hydrogen) atoms. The molecule has 4 rings (SSSR count). The summed E-state index contributed by atoms with van der Waals surface area (Å²) in [6.07, 6.45) is 3.86. The average molecular weight is 459 g/mol. The van der Waals surface area contributed by atoms with Crippen molar-refractivity contribution >= 4 is 23.7 Å². The topological polar surface area (TPSA) is 80.3 Å². The maximum Gasteiger partial charge on any atom is 0.338 e. The third-order valence-electron chi connectivity index (χ3n) is 5.62. The Bertz CT molecular complexity index is 1030. The number of fused-ring (bicyclic) bond motifs is 1. The van der Waals surface area contributed by atoms with E-state index in [-0.39, 0.29) is 25.2 Å². The molecule has 8 heteroatoms. The lowest BCUT2D eigenvalue weighted by Crippen LogP contribution is -2.27. The third-order valence-corrected chi connectivity index (χ3v) is 6.24. The Morgan fingerprint density at radius 2 is 1.88 bits per heavy atom. The van der Waals surface area contributed by atoms with Crippen LogP contribution in [0.3, 0.4) is 0 Å². The number of methoxy groups -OCH3 is 2. The standard InChI is InChI=1S/C24H26O7S/c1-27-19-7-6-17(15-4-5-18-16(12-15)13-29-23(18)26)21(22(19)28-2)30-14-24(9-10-24)31-20(25)8-11-32-3/h4-7,12H,8-11,13-14H2,1-3H3. The van der Waals surface area contributed by atoms with E-state index < -0.39 is 5.60 Å². The molecule has 1 fully saturated rings. The van der Waals surface area contributed by atoms with Gasteiger partial charge in [0.05, 0.1) is 26.2 Å². The number of ether oxygens (including phenoxy) is 5. The van der Waals surface area contributed by atoms with Crippen molar-refractivity contribution in [2.24, 2.45) is 0 Å². The van der Waals surface area contributed by atoms with Gasteiger partial charge in [-0.2, -0.15) is 11.8 Å². The molecule has 7 nitrogen and oxygen atoms in total. The molecule has 0 saturated heterocycles. The van der Waals surface area contributed by atoms with Crippen molar-refractivity contribution in [1.82, 2.24) is 0 Å². The molecule has 1 aliphatic heterocycles. The maximum absolute atomic E-state index is 12.1. The van der Waals surface area contributed by atoms with Gasteiger partial charge in [0.15, 0.2) is 11.5 Å². The van der Waals surface area contributed by atoms with E-state index >= 15 is 0 Å². The number of hydrogen-bond donors (Lipinski definition) is 0. The number of cyclic esters (lactones) is 1. The predicted octanol–water partition coefficient (Wildman–Crippen LogP) is 4.25. The SMILES string of the molecule is COc1ccc(-c2ccc3c(c2)COC3=O)c(OCC2(OC(=O)CCSC)CC2)c1OC. The summed E-state index contributed by atoms with van der Waals surface area (Å²) in [5, 5.41) is 0. The second-order valence-electron chi connectivity index (χ2n) is 7.81. The lowest BCUT2D eigenvalue weighted by atomic mass is 9.99. The zero-order chi connectivity index (χ0) is 22.7. The van der Waals surface area contributed by atoms with Crippen LogP contribution in [-0.4, -0.2) is 50.4 Å². The van der Waals surface area contributed by atoms with Crippen LogP contribution in [0, 0.1) is 0 Å². The van der Waals surface area contributed by atoms with Crippen LogP contribution in [0.2, 0.25) is 0 Å². The first-order chi connectivity index (χ1) is 15.5. The van der Waals surface area contributed by atoms with Gasteiger partial charge in [0.1, 0.15) is 18.8 Å². The fraction of sp³-hybridized carbons (Fsp3) is 0.417. The van der Waals surface area contributed by atoms with Gasteiger partial charge in [-0.15, -0.1) is 0 Å². The molecule has 2 aliphatic rings. The van der Waals surface area contributed by atoms with Crippen molar-refractivity contribution in [2.45, 2.75) is 31.5 Å². The van der Waals surface area contributed by atoms with Gasteiger partial charge < -0.3 is 23.7 Å². The van der Waals surface area contributed by atoms with Crippen LogP contribution in [0.25, 0.3) is 11.1 Å². The van der Waals surface area contributed by atoms with Crippen LogP contribution in [0.15, 0.2) is 30.3 Å². The molecule has 2 aromatic carbocycles. The van der Waals surface area contributed by atoms with E-state index in [0.717, 1.165) is 35.3 Å². The monoisotopic (exact) mass is 458 g/mol. The molecule has 0 unspecified atom stereocenters. The van der Waals surface area contributed by atoms with Gasteiger partial charge in [-0.1, -0.05) is 6.07 Å². The molecule has 2 aromatic rings. The van der Waals surface area contributed by atoms with Crippen LogP contribution >= 0.6 is 11.8 Å². The molecular formula is C24H26O7S. The molecular weight excluding hydrogens is 432 g/mol. The number of carbonyl (C=O) groups excluding carboxylic acids is 2. The minimum atomic E-state index is -0.598. The van der Waals surface area contributed by atoms with Crippen molar-refractivity contribution in [3.8, 4) is 28.4 Å². The number of rotatable bonds is 10.